The molecule has 33 heavy (non-hydrogen) atoms. The monoisotopic (exact) mass is 453 g/mol. The Morgan fingerprint density at radius 2 is 1.67 bits per heavy atom. The van der Waals surface area contributed by atoms with Crippen LogP contribution in [0.25, 0.3) is 0 Å². The van der Waals surface area contributed by atoms with Gasteiger partial charge in [0.2, 0.25) is 5.91 Å². The number of amides is 2. The topological polar surface area (TPSA) is 97.9 Å². The van der Waals surface area contributed by atoms with Gasteiger partial charge in [-0.15, -0.1) is 0 Å². The molecule has 2 aromatic carbocycles. The SMILES string of the molecule is O=C(CNc1ccc(C(=O)NCC2CCCO2)cc1)Nc1ccccc1OCC1CCCO1. The number of carbonyl (C=O) groups excluding carboxylic acids is 2. The van der Waals surface area contributed by atoms with Crippen molar-refractivity contribution in [2.45, 2.75) is 37.9 Å². The highest BCUT2D eigenvalue weighted by Gasteiger charge is 2.18. The van der Waals surface area contributed by atoms with Gasteiger partial charge in [-0.05, 0) is 62.1 Å². The lowest BCUT2D eigenvalue weighted by Crippen LogP contribution is -2.31. The molecule has 176 valence electrons. The highest BCUT2D eigenvalue weighted by Crippen LogP contribution is 2.25. The molecular formula is C25H31N3O5. The Kier molecular flexibility index (Phi) is 8.16. The van der Waals surface area contributed by atoms with Gasteiger partial charge in [0.25, 0.3) is 5.91 Å². The van der Waals surface area contributed by atoms with Crippen molar-refractivity contribution in [2.75, 3.05) is 43.5 Å². The summed E-state index contributed by atoms with van der Waals surface area (Å²) in [4.78, 5) is 24.7. The molecule has 2 aromatic rings. The Bertz CT molecular complexity index is 922. The molecule has 0 bridgehead atoms. The van der Waals surface area contributed by atoms with E-state index in [9.17, 15) is 9.59 Å². The minimum absolute atomic E-state index is 0.0879. The number of nitrogens with one attached hydrogen (secondary N) is 3. The lowest BCUT2D eigenvalue weighted by Gasteiger charge is -2.15. The van der Waals surface area contributed by atoms with E-state index in [4.69, 9.17) is 14.2 Å². The second-order valence-electron chi connectivity index (χ2n) is 8.27. The third-order valence-corrected chi connectivity index (χ3v) is 5.72. The third-order valence-electron chi connectivity index (χ3n) is 5.72. The molecular weight excluding hydrogens is 422 g/mol. The van der Waals surface area contributed by atoms with E-state index in [0.29, 0.717) is 30.2 Å². The van der Waals surface area contributed by atoms with Crippen molar-refractivity contribution in [3.8, 4) is 5.75 Å². The van der Waals surface area contributed by atoms with Gasteiger partial charge in [0.1, 0.15) is 12.4 Å². The number of benzene rings is 2. The fourth-order valence-electron chi connectivity index (χ4n) is 3.88. The highest BCUT2D eigenvalue weighted by atomic mass is 16.5. The first kappa shape index (κ1) is 23.1. The van der Waals surface area contributed by atoms with Gasteiger partial charge in [-0.3, -0.25) is 9.59 Å². The zero-order valence-electron chi connectivity index (χ0n) is 18.7. The van der Waals surface area contributed by atoms with Crippen molar-refractivity contribution in [1.29, 1.82) is 0 Å². The van der Waals surface area contributed by atoms with Crippen LogP contribution in [0.2, 0.25) is 0 Å². The first-order valence-electron chi connectivity index (χ1n) is 11.5. The molecule has 4 rings (SSSR count). The first-order valence-corrected chi connectivity index (χ1v) is 11.5. The molecule has 2 aliphatic rings. The Morgan fingerprint density at radius 1 is 0.939 bits per heavy atom. The highest BCUT2D eigenvalue weighted by molar-refractivity contribution is 5.96. The molecule has 2 saturated heterocycles. The average Bonchev–Trinajstić information content (AvgIpc) is 3.55. The molecule has 8 heteroatoms. The van der Waals surface area contributed by atoms with E-state index < -0.39 is 0 Å². The number of carbonyl (C=O) groups is 2. The van der Waals surface area contributed by atoms with Crippen molar-refractivity contribution >= 4 is 23.2 Å². The summed E-state index contributed by atoms with van der Waals surface area (Å²) in [5, 5.41) is 8.87. The molecule has 3 N–H and O–H groups in total. The summed E-state index contributed by atoms with van der Waals surface area (Å²) in [5.74, 6) is 0.302. The number of hydrogen-bond acceptors (Lipinski definition) is 6. The maximum atomic E-state index is 12.5. The Morgan fingerprint density at radius 3 is 2.39 bits per heavy atom. The Hall–Kier alpha value is -3.10. The summed E-state index contributed by atoms with van der Waals surface area (Å²) < 4.78 is 17.0. The maximum Gasteiger partial charge on any atom is 0.251 e. The van der Waals surface area contributed by atoms with Crippen molar-refractivity contribution in [1.82, 2.24) is 5.32 Å². The number of anilines is 2. The van der Waals surface area contributed by atoms with E-state index in [0.717, 1.165) is 44.6 Å². The lowest BCUT2D eigenvalue weighted by molar-refractivity contribution is -0.114. The molecule has 8 nitrogen and oxygen atoms in total. The fourth-order valence-corrected chi connectivity index (χ4v) is 3.88. The molecule has 2 amide bonds. The smallest absolute Gasteiger partial charge is 0.251 e. The van der Waals surface area contributed by atoms with Crippen LogP contribution in [0.5, 0.6) is 5.75 Å². The van der Waals surface area contributed by atoms with Crippen molar-refractivity contribution < 1.29 is 23.8 Å². The molecule has 2 unspecified atom stereocenters. The Labute approximate surface area is 194 Å². The van der Waals surface area contributed by atoms with E-state index in [1.165, 1.54) is 0 Å². The van der Waals surface area contributed by atoms with E-state index in [1.807, 2.05) is 24.3 Å². The van der Waals surface area contributed by atoms with Crippen LogP contribution in [0.4, 0.5) is 11.4 Å². The van der Waals surface area contributed by atoms with Crippen LogP contribution >= 0.6 is 0 Å². The van der Waals surface area contributed by atoms with Crippen LogP contribution < -0.4 is 20.7 Å². The van der Waals surface area contributed by atoms with Gasteiger partial charge in [0.05, 0.1) is 24.4 Å². The molecule has 2 atom stereocenters. The first-order chi connectivity index (χ1) is 16.2. The van der Waals surface area contributed by atoms with Crippen LogP contribution in [-0.4, -0.2) is 56.9 Å². The Balaban J connectivity index is 1.22. The second kappa shape index (κ2) is 11.7. The van der Waals surface area contributed by atoms with E-state index >= 15 is 0 Å². The second-order valence-corrected chi connectivity index (χ2v) is 8.27. The van der Waals surface area contributed by atoms with Gasteiger partial charge in [0.15, 0.2) is 0 Å². The molecule has 0 radical (unpaired) electrons. The predicted molar refractivity (Wildman–Crippen MR) is 126 cm³/mol. The lowest BCUT2D eigenvalue weighted by atomic mass is 10.2. The number of rotatable bonds is 10. The molecule has 0 aliphatic carbocycles. The minimum Gasteiger partial charge on any atom is -0.489 e. The summed E-state index contributed by atoms with van der Waals surface area (Å²) in [5.41, 5.74) is 1.95. The van der Waals surface area contributed by atoms with Crippen LogP contribution in [0.1, 0.15) is 36.0 Å². The van der Waals surface area contributed by atoms with Crippen molar-refractivity contribution in [2.24, 2.45) is 0 Å². The fraction of sp³-hybridized carbons (Fsp3) is 0.440. The molecule has 0 aromatic heterocycles. The molecule has 0 saturated carbocycles. The summed E-state index contributed by atoms with van der Waals surface area (Å²) in [6.45, 7) is 2.63. The number of ether oxygens (including phenoxy) is 3. The van der Waals surface area contributed by atoms with Gasteiger partial charge >= 0.3 is 0 Å². The van der Waals surface area contributed by atoms with Gasteiger partial charge in [-0.1, -0.05) is 12.1 Å². The van der Waals surface area contributed by atoms with Crippen LogP contribution in [0.3, 0.4) is 0 Å². The number of hydrogen-bond donors (Lipinski definition) is 3. The summed E-state index contributed by atoms with van der Waals surface area (Å²) in [6.07, 6.45) is 4.29. The largest absolute Gasteiger partial charge is 0.489 e. The predicted octanol–water partition coefficient (Wildman–Crippen LogP) is 3.20. The summed E-state index contributed by atoms with van der Waals surface area (Å²) >= 11 is 0. The van der Waals surface area contributed by atoms with E-state index in [-0.39, 0.29) is 30.6 Å². The van der Waals surface area contributed by atoms with Gasteiger partial charge in [-0.2, -0.15) is 0 Å². The van der Waals surface area contributed by atoms with Crippen molar-refractivity contribution in [3.05, 3.63) is 54.1 Å². The van der Waals surface area contributed by atoms with Gasteiger partial charge in [-0.25, -0.2) is 0 Å². The molecule has 2 heterocycles. The molecule has 2 fully saturated rings. The molecule has 2 aliphatic heterocycles. The minimum atomic E-state index is -0.193. The maximum absolute atomic E-state index is 12.5. The van der Waals surface area contributed by atoms with E-state index in [2.05, 4.69) is 16.0 Å². The van der Waals surface area contributed by atoms with Crippen molar-refractivity contribution in [3.63, 3.8) is 0 Å². The third kappa shape index (κ3) is 6.94. The molecule has 0 spiro atoms. The van der Waals surface area contributed by atoms with Gasteiger partial charge in [0, 0.05) is 31.0 Å². The normalized spacial score (nSPS) is 19.8. The summed E-state index contributed by atoms with van der Waals surface area (Å²) in [6, 6.07) is 14.4. The zero-order valence-corrected chi connectivity index (χ0v) is 18.7. The van der Waals surface area contributed by atoms with E-state index in [1.54, 1.807) is 24.3 Å². The standard InChI is InChI=1S/C25H31N3O5/c29-24(28-22-7-1-2-8-23(22)33-17-21-6-4-14-32-21)16-26-19-11-9-18(10-12-19)25(30)27-15-20-5-3-13-31-20/h1-2,7-12,20-21,26H,3-6,13-17H2,(H,27,30)(H,28,29). The quantitative estimate of drug-likeness (QED) is 0.511. The van der Waals surface area contributed by atoms with Gasteiger partial charge < -0.3 is 30.2 Å². The summed E-state index contributed by atoms with van der Waals surface area (Å²) in [7, 11) is 0. The number of para-hydroxylation sites is 2. The van der Waals surface area contributed by atoms with Crippen LogP contribution in [-0.2, 0) is 14.3 Å². The van der Waals surface area contributed by atoms with Crippen LogP contribution in [0.15, 0.2) is 48.5 Å². The average molecular weight is 454 g/mol. The zero-order chi connectivity index (χ0) is 22.9. The van der Waals surface area contributed by atoms with Crippen LogP contribution in [0, 0.1) is 0 Å².